The van der Waals surface area contributed by atoms with Crippen LogP contribution in [0.2, 0.25) is 0 Å². The van der Waals surface area contributed by atoms with E-state index in [0.29, 0.717) is 5.41 Å². The second-order valence-corrected chi connectivity index (χ2v) is 7.65. The van der Waals surface area contributed by atoms with Crippen LogP contribution in [0.1, 0.15) is 62.1 Å². The molecule has 1 heteroatoms. The number of rotatable bonds is 4. The molecule has 0 bridgehead atoms. The Kier molecular flexibility index (Phi) is 4.45. The summed E-state index contributed by atoms with van der Waals surface area (Å²) in [4.78, 5) is 2.54. The van der Waals surface area contributed by atoms with Crippen molar-refractivity contribution >= 4 is 5.57 Å². The molecular weight excluding hydrogens is 266 g/mol. The van der Waals surface area contributed by atoms with Gasteiger partial charge < -0.3 is 4.90 Å². The summed E-state index contributed by atoms with van der Waals surface area (Å²) in [6.45, 7) is 9.33. The number of allylic oxidation sites excluding steroid dienone is 1. The lowest BCUT2D eigenvalue weighted by molar-refractivity contribution is 0.333. The zero-order chi connectivity index (χ0) is 15.7. The highest BCUT2D eigenvalue weighted by Gasteiger charge is 2.41. The SMILES string of the molecule is CCCC1(C(=C2CCC2)c2ccc(C)c(C)c2)CCN(C)C1. The molecule has 1 nitrogen and oxygen atoms in total. The Morgan fingerprint density at radius 3 is 2.45 bits per heavy atom. The van der Waals surface area contributed by atoms with Gasteiger partial charge >= 0.3 is 0 Å². The van der Waals surface area contributed by atoms with Gasteiger partial charge in [0.2, 0.25) is 0 Å². The Labute approximate surface area is 136 Å². The molecule has 120 valence electrons. The average Bonchev–Trinajstić information content (AvgIpc) is 2.80. The molecule has 3 rings (SSSR count). The summed E-state index contributed by atoms with van der Waals surface area (Å²) in [5.74, 6) is 0. The first-order valence-electron chi connectivity index (χ1n) is 9.04. The van der Waals surface area contributed by atoms with Crippen molar-refractivity contribution in [1.82, 2.24) is 4.90 Å². The quantitative estimate of drug-likeness (QED) is 0.723. The first-order valence-corrected chi connectivity index (χ1v) is 9.04. The summed E-state index contributed by atoms with van der Waals surface area (Å²) < 4.78 is 0. The van der Waals surface area contributed by atoms with E-state index in [9.17, 15) is 0 Å². The van der Waals surface area contributed by atoms with Crippen molar-refractivity contribution in [3.05, 3.63) is 40.5 Å². The summed E-state index contributed by atoms with van der Waals surface area (Å²) in [5, 5.41) is 0. The van der Waals surface area contributed by atoms with Gasteiger partial charge in [-0.1, -0.05) is 37.1 Å². The van der Waals surface area contributed by atoms with Crippen LogP contribution < -0.4 is 0 Å². The Bertz CT molecular complexity index is 574. The van der Waals surface area contributed by atoms with E-state index < -0.39 is 0 Å². The summed E-state index contributed by atoms with van der Waals surface area (Å²) >= 11 is 0. The van der Waals surface area contributed by atoms with E-state index in [-0.39, 0.29) is 0 Å². The van der Waals surface area contributed by atoms with Gasteiger partial charge in [-0.05, 0) is 81.8 Å². The normalized spacial score (nSPS) is 25.4. The second kappa shape index (κ2) is 6.20. The monoisotopic (exact) mass is 297 g/mol. The Hall–Kier alpha value is -1.08. The average molecular weight is 297 g/mol. The fourth-order valence-electron chi connectivity index (χ4n) is 4.48. The van der Waals surface area contributed by atoms with Crippen LogP contribution in [-0.4, -0.2) is 25.0 Å². The number of benzene rings is 1. The number of aryl methyl sites for hydroxylation is 2. The van der Waals surface area contributed by atoms with Gasteiger partial charge in [-0.25, -0.2) is 0 Å². The predicted octanol–water partition coefficient (Wildman–Crippen LogP) is 5.36. The van der Waals surface area contributed by atoms with Gasteiger partial charge in [0.05, 0.1) is 0 Å². The number of likely N-dealkylation sites (tertiary alicyclic amines) is 1. The third-order valence-corrected chi connectivity index (χ3v) is 5.91. The van der Waals surface area contributed by atoms with Crippen LogP contribution in [0.3, 0.4) is 0 Å². The first-order chi connectivity index (χ1) is 10.6. The van der Waals surface area contributed by atoms with Crippen molar-refractivity contribution in [2.45, 2.75) is 59.3 Å². The molecule has 0 aromatic heterocycles. The van der Waals surface area contributed by atoms with E-state index in [1.165, 1.54) is 68.3 Å². The smallest absolute Gasteiger partial charge is 0.00976 e. The van der Waals surface area contributed by atoms with Gasteiger partial charge in [-0.3, -0.25) is 0 Å². The van der Waals surface area contributed by atoms with E-state index in [4.69, 9.17) is 0 Å². The number of nitrogens with zero attached hydrogens (tertiary/aromatic N) is 1. The van der Waals surface area contributed by atoms with Gasteiger partial charge in [0, 0.05) is 12.0 Å². The highest BCUT2D eigenvalue weighted by molar-refractivity contribution is 5.75. The molecule has 0 N–H and O–H groups in total. The minimum absolute atomic E-state index is 0.404. The first kappa shape index (κ1) is 15.8. The molecule has 22 heavy (non-hydrogen) atoms. The molecular formula is C21H31N. The van der Waals surface area contributed by atoms with Crippen LogP contribution in [-0.2, 0) is 0 Å². The lowest BCUT2D eigenvalue weighted by Crippen LogP contribution is -2.28. The van der Waals surface area contributed by atoms with Gasteiger partial charge in [0.1, 0.15) is 0 Å². The van der Waals surface area contributed by atoms with E-state index >= 15 is 0 Å². The van der Waals surface area contributed by atoms with E-state index in [2.05, 4.69) is 50.9 Å². The van der Waals surface area contributed by atoms with Crippen molar-refractivity contribution < 1.29 is 0 Å². The largest absolute Gasteiger partial charge is 0.305 e. The molecule has 1 aliphatic carbocycles. The fraction of sp³-hybridized carbons (Fsp3) is 0.619. The third-order valence-electron chi connectivity index (χ3n) is 5.91. The summed E-state index contributed by atoms with van der Waals surface area (Å²) in [7, 11) is 2.29. The molecule has 2 fully saturated rings. The van der Waals surface area contributed by atoms with Gasteiger partial charge in [-0.15, -0.1) is 0 Å². The minimum Gasteiger partial charge on any atom is -0.305 e. The zero-order valence-corrected chi connectivity index (χ0v) is 14.8. The van der Waals surface area contributed by atoms with Gasteiger partial charge in [0.25, 0.3) is 0 Å². The second-order valence-electron chi connectivity index (χ2n) is 7.65. The zero-order valence-electron chi connectivity index (χ0n) is 14.8. The van der Waals surface area contributed by atoms with Crippen molar-refractivity contribution in [2.24, 2.45) is 5.41 Å². The maximum Gasteiger partial charge on any atom is 0.00976 e. The molecule has 1 aromatic rings. The van der Waals surface area contributed by atoms with Crippen LogP contribution in [0.5, 0.6) is 0 Å². The van der Waals surface area contributed by atoms with Crippen LogP contribution >= 0.6 is 0 Å². The van der Waals surface area contributed by atoms with Crippen LogP contribution in [0, 0.1) is 19.3 Å². The highest BCUT2D eigenvalue weighted by atomic mass is 15.1. The standard InChI is InChI=1S/C21H31N/c1-5-11-21(12-13-22(4)15-21)20(18-7-6-8-18)19-10-9-16(2)17(3)14-19/h9-10,14H,5-8,11-13,15H2,1-4H3. The topological polar surface area (TPSA) is 3.24 Å². The maximum absolute atomic E-state index is 2.54. The molecule has 1 aromatic carbocycles. The number of hydrogen-bond acceptors (Lipinski definition) is 1. The molecule has 1 heterocycles. The Balaban J connectivity index is 2.08. The lowest BCUT2D eigenvalue weighted by Gasteiger charge is -2.37. The Morgan fingerprint density at radius 2 is 1.95 bits per heavy atom. The molecule has 1 saturated carbocycles. The van der Waals surface area contributed by atoms with Crippen LogP contribution in [0.25, 0.3) is 5.57 Å². The summed E-state index contributed by atoms with van der Waals surface area (Å²) in [5.41, 5.74) is 8.25. The van der Waals surface area contributed by atoms with E-state index in [1.807, 2.05) is 0 Å². The summed E-state index contributed by atoms with van der Waals surface area (Å²) in [6, 6.07) is 7.16. The predicted molar refractivity (Wildman–Crippen MR) is 96.1 cm³/mol. The molecule has 1 atom stereocenters. The van der Waals surface area contributed by atoms with E-state index in [0.717, 1.165) is 0 Å². The molecule has 1 aliphatic heterocycles. The van der Waals surface area contributed by atoms with Crippen molar-refractivity contribution in [1.29, 1.82) is 0 Å². The number of hydrogen-bond donors (Lipinski definition) is 0. The van der Waals surface area contributed by atoms with Crippen LogP contribution in [0.15, 0.2) is 23.8 Å². The Morgan fingerprint density at radius 1 is 1.18 bits per heavy atom. The molecule has 1 saturated heterocycles. The van der Waals surface area contributed by atoms with Gasteiger partial charge in [0.15, 0.2) is 0 Å². The summed E-state index contributed by atoms with van der Waals surface area (Å²) in [6.07, 6.45) is 8.01. The van der Waals surface area contributed by atoms with Gasteiger partial charge in [-0.2, -0.15) is 0 Å². The minimum atomic E-state index is 0.404. The highest BCUT2D eigenvalue weighted by Crippen LogP contribution is 2.51. The fourth-order valence-corrected chi connectivity index (χ4v) is 4.48. The van der Waals surface area contributed by atoms with Crippen molar-refractivity contribution in [2.75, 3.05) is 20.1 Å². The molecule has 0 radical (unpaired) electrons. The third kappa shape index (κ3) is 2.76. The van der Waals surface area contributed by atoms with Crippen molar-refractivity contribution in [3.8, 4) is 0 Å². The molecule has 0 amide bonds. The molecule has 2 aliphatic rings. The maximum atomic E-state index is 2.54. The van der Waals surface area contributed by atoms with E-state index in [1.54, 1.807) is 11.1 Å². The van der Waals surface area contributed by atoms with Crippen LogP contribution in [0.4, 0.5) is 0 Å². The molecule has 1 unspecified atom stereocenters. The van der Waals surface area contributed by atoms with Crippen molar-refractivity contribution in [3.63, 3.8) is 0 Å². The molecule has 0 spiro atoms. The lowest BCUT2D eigenvalue weighted by atomic mass is 9.67.